The quantitative estimate of drug-likeness (QED) is 0.825. The van der Waals surface area contributed by atoms with E-state index in [1.165, 1.54) is 12.1 Å². The Morgan fingerprint density at radius 1 is 1.07 bits per heavy atom. The summed E-state index contributed by atoms with van der Waals surface area (Å²) in [4.78, 5) is 26.6. The molecule has 3 rings (SSSR count). The van der Waals surface area contributed by atoms with Crippen LogP contribution in [-0.2, 0) is 4.79 Å². The maximum absolute atomic E-state index is 13.1. The Morgan fingerprint density at radius 2 is 1.75 bits per heavy atom. The van der Waals surface area contributed by atoms with E-state index < -0.39 is 0 Å². The molecule has 0 unspecified atom stereocenters. The summed E-state index contributed by atoms with van der Waals surface area (Å²) in [5.74, 6) is -0.576. The van der Waals surface area contributed by atoms with Crippen LogP contribution in [0.4, 0.5) is 15.8 Å². The summed E-state index contributed by atoms with van der Waals surface area (Å²) in [7, 11) is 0. The fourth-order valence-corrected chi connectivity index (χ4v) is 3.23. The number of anilines is 2. The van der Waals surface area contributed by atoms with Gasteiger partial charge in [0.1, 0.15) is 5.82 Å². The topological polar surface area (TPSA) is 61.4 Å². The molecule has 0 radical (unpaired) electrons. The number of rotatable bonds is 5. The first-order valence-electron chi connectivity index (χ1n) is 9.64. The van der Waals surface area contributed by atoms with Crippen molar-refractivity contribution in [3.05, 3.63) is 59.9 Å². The molecule has 1 fully saturated rings. The van der Waals surface area contributed by atoms with Gasteiger partial charge in [0, 0.05) is 42.0 Å². The van der Waals surface area contributed by atoms with E-state index in [2.05, 4.69) is 15.5 Å². The first-order chi connectivity index (χ1) is 13.4. The van der Waals surface area contributed by atoms with Crippen LogP contribution in [0.15, 0.2) is 48.5 Å². The summed E-state index contributed by atoms with van der Waals surface area (Å²) in [6, 6.07) is 13.6. The first-order valence-corrected chi connectivity index (χ1v) is 9.64. The molecule has 1 heterocycles. The van der Waals surface area contributed by atoms with E-state index in [9.17, 15) is 14.0 Å². The van der Waals surface area contributed by atoms with Gasteiger partial charge in [-0.05, 0) is 55.3 Å². The fraction of sp³-hybridized carbons (Fsp3) is 0.364. The monoisotopic (exact) mass is 383 g/mol. The second-order valence-electron chi connectivity index (χ2n) is 7.44. The molecule has 0 aromatic heterocycles. The van der Waals surface area contributed by atoms with Crippen LogP contribution >= 0.6 is 0 Å². The van der Waals surface area contributed by atoms with Crippen LogP contribution in [0.1, 0.15) is 37.0 Å². The number of amides is 2. The number of nitrogens with zero attached hydrogens (tertiary/aromatic N) is 1. The number of nitrogens with one attached hydrogen (secondary N) is 2. The van der Waals surface area contributed by atoms with Crippen LogP contribution in [0.25, 0.3) is 0 Å². The molecule has 1 aliphatic rings. The highest BCUT2D eigenvalue weighted by molar-refractivity contribution is 5.97. The van der Waals surface area contributed by atoms with Crippen molar-refractivity contribution in [1.29, 1.82) is 0 Å². The standard InChI is InChI=1S/C22H26FN3O2/c1-15(2)21(27)25-19-5-3-4-16(14-19)22(28)24-18-10-12-26(13-11-18)20-8-6-17(23)7-9-20/h3-9,14-15,18H,10-13H2,1-2H3,(H,24,28)(H,25,27). The van der Waals surface area contributed by atoms with Gasteiger partial charge >= 0.3 is 0 Å². The zero-order valence-electron chi connectivity index (χ0n) is 16.2. The van der Waals surface area contributed by atoms with Crippen molar-refractivity contribution in [2.24, 2.45) is 5.92 Å². The van der Waals surface area contributed by atoms with Gasteiger partial charge in [-0.25, -0.2) is 4.39 Å². The largest absolute Gasteiger partial charge is 0.371 e. The lowest BCUT2D eigenvalue weighted by Crippen LogP contribution is -2.44. The third kappa shape index (κ3) is 5.09. The maximum atomic E-state index is 13.1. The predicted octanol–water partition coefficient (Wildman–Crippen LogP) is 3.82. The summed E-state index contributed by atoms with van der Waals surface area (Å²) >= 11 is 0. The van der Waals surface area contributed by atoms with E-state index in [1.807, 2.05) is 13.8 Å². The average Bonchev–Trinajstić information content (AvgIpc) is 2.69. The molecular formula is C22H26FN3O2. The SMILES string of the molecule is CC(C)C(=O)Nc1cccc(C(=O)NC2CCN(c3ccc(F)cc3)CC2)c1. The maximum Gasteiger partial charge on any atom is 0.251 e. The number of piperidine rings is 1. The van der Waals surface area contributed by atoms with Gasteiger partial charge in [0.05, 0.1) is 0 Å². The van der Waals surface area contributed by atoms with Gasteiger partial charge in [-0.3, -0.25) is 9.59 Å². The van der Waals surface area contributed by atoms with Crippen molar-refractivity contribution in [2.45, 2.75) is 32.7 Å². The Balaban J connectivity index is 1.54. The molecule has 6 heteroatoms. The number of carbonyl (C=O) groups is 2. The van der Waals surface area contributed by atoms with Crippen LogP contribution < -0.4 is 15.5 Å². The van der Waals surface area contributed by atoms with E-state index >= 15 is 0 Å². The second-order valence-corrected chi connectivity index (χ2v) is 7.44. The van der Waals surface area contributed by atoms with Crippen molar-refractivity contribution < 1.29 is 14.0 Å². The number of hydrogen-bond donors (Lipinski definition) is 2. The molecule has 1 saturated heterocycles. The zero-order chi connectivity index (χ0) is 20.1. The Hall–Kier alpha value is -2.89. The van der Waals surface area contributed by atoms with E-state index in [-0.39, 0.29) is 29.6 Å². The Morgan fingerprint density at radius 3 is 2.39 bits per heavy atom. The lowest BCUT2D eigenvalue weighted by molar-refractivity contribution is -0.118. The van der Waals surface area contributed by atoms with E-state index in [4.69, 9.17) is 0 Å². The Bertz CT molecular complexity index is 828. The minimum Gasteiger partial charge on any atom is -0.371 e. The summed E-state index contributed by atoms with van der Waals surface area (Å²) in [5, 5.41) is 5.90. The normalized spacial score (nSPS) is 14.8. The highest BCUT2D eigenvalue weighted by Gasteiger charge is 2.21. The minimum absolute atomic E-state index is 0.0780. The number of halogens is 1. The van der Waals surface area contributed by atoms with Gasteiger partial charge in [-0.15, -0.1) is 0 Å². The third-order valence-corrected chi connectivity index (χ3v) is 4.94. The molecule has 0 aliphatic carbocycles. The van der Waals surface area contributed by atoms with Gasteiger partial charge in [-0.2, -0.15) is 0 Å². The molecule has 1 aliphatic heterocycles. The first kappa shape index (κ1) is 19.9. The Labute approximate surface area is 164 Å². The number of hydrogen-bond acceptors (Lipinski definition) is 3. The summed E-state index contributed by atoms with van der Waals surface area (Å²) in [6.45, 7) is 5.26. The van der Waals surface area contributed by atoms with Crippen molar-refractivity contribution >= 4 is 23.2 Å². The zero-order valence-corrected chi connectivity index (χ0v) is 16.2. The van der Waals surface area contributed by atoms with Crippen molar-refractivity contribution in [1.82, 2.24) is 5.32 Å². The lowest BCUT2D eigenvalue weighted by atomic mass is 10.0. The highest BCUT2D eigenvalue weighted by Crippen LogP contribution is 2.21. The second kappa shape index (κ2) is 8.87. The highest BCUT2D eigenvalue weighted by atomic mass is 19.1. The molecule has 0 atom stereocenters. The average molecular weight is 383 g/mol. The van der Waals surface area contributed by atoms with Crippen molar-refractivity contribution in [3.8, 4) is 0 Å². The predicted molar refractivity (Wildman–Crippen MR) is 109 cm³/mol. The van der Waals surface area contributed by atoms with Crippen LogP contribution in [0.3, 0.4) is 0 Å². The molecular weight excluding hydrogens is 357 g/mol. The van der Waals surface area contributed by atoms with Crippen LogP contribution in [-0.4, -0.2) is 30.9 Å². The molecule has 2 aromatic carbocycles. The van der Waals surface area contributed by atoms with Crippen LogP contribution in [0, 0.1) is 11.7 Å². The smallest absolute Gasteiger partial charge is 0.251 e. The van der Waals surface area contributed by atoms with E-state index in [0.717, 1.165) is 31.6 Å². The number of carbonyl (C=O) groups excluding carboxylic acids is 2. The van der Waals surface area contributed by atoms with Crippen molar-refractivity contribution in [2.75, 3.05) is 23.3 Å². The molecule has 0 saturated carbocycles. The third-order valence-electron chi connectivity index (χ3n) is 4.94. The molecule has 2 N–H and O–H groups in total. The molecule has 2 aromatic rings. The molecule has 148 valence electrons. The molecule has 2 amide bonds. The number of benzene rings is 2. The van der Waals surface area contributed by atoms with Crippen molar-refractivity contribution in [3.63, 3.8) is 0 Å². The van der Waals surface area contributed by atoms with Gasteiger partial charge in [0.15, 0.2) is 0 Å². The van der Waals surface area contributed by atoms with Gasteiger partial charge in [0.25, 0.3) is 5.91 Å². The van der Waals surface area contributed by atoms with Crippen LogP contribution in [0.2, 0.25) is 0 Å². The molecule has 0 spiro atoms. The van der Waals surface area contributed by atoms with Crippen LogP contribution in [0.5, 0.6) is 0 Å². The Kier molecular flexibility index (Phi) is 6.29. The molecule has 28 heavy (non-hydrogen) atoms. The molecule has 5 nitrogen and oxygen atoms in total. The minimum atomic E-state index is -0.238. The summed E-state index contributed by atoms with van der Waals surface area (Å²) in [5.41, 5.74) is 2.15. The van der Waals surface area contributed by atoms with Gasteiger partial charge < -0.3 is 15.5 Å². The van der Waals surface area contributed by atoms with E-state index in [0.29, 0.717) is 11.3 Å². The summed E-state index contributed by atoms with van der Waals surface area (Å²) in [6.07, 6.45) is 1.65. The van der Waals surface area contributed by atoms with E-state index in [1.54, 1.807) is 36.4 Å². The lowest BCUT2D eigenvalue weighted by Gasteiger charge is -2.34. The summed E-state index contributed by atoms with van der Waals surface area (Å²) < 4.78 is 13.1. The molecule has 0 bridgehead atoms. The van der Waals surface area contributed by atoms with Gasteiger partial charge in [-0.1, -0.05) is 19.9 Å². The van der Waals surface area contributed by atoms with Gasteiger partial charge in [0.2, 0.25) is 5.91 Å². The fourth-order valence-electron chi connectivity index (χ4n) is 3.23.